The maximum Gasteiger partial charge on any atom is 0.410 e. The Morgan fingerprint density at radius 1 is 0.805 bits per heavy atom. The van der Waals surface area contributed by atoms with Crippen molar-refractivity contribution >= 4 is 41.6 Å². The predicted molar refractivity (Wildman–Crippen MR) is 313 cm³/mol. The fourth-order valence-corrected chi connectivity index (χ4v) is 12.5. The van der Waals surface area contributed by atoms with Crippen molar-refractivity contribution in [2.75, 3.05) is 48.5 Å². The molecule has 3 aromatic rings. The molecular formula is C63H94N8O11. The average Bonchev–Trinajstić information content (AvgIpc) is 3.08. The minimum Gasteiger partial charge on any atom is -0.458 e. The van der Waals surface area contributed by atoms with Crippen molar-refractivity contribution in [2.45, 2.75) is 175 Å². The number of esters is 1. The van der Waals surface area contributed by atoms with Crippen LogP contribution in [-0.4, -0.2) is 163 Å². The van der Waals surface area contributed by atoms with Crippen molar-refractivity contribution in [3.8, 4) is 5.69 Å². The number of nitrogens with one attached hydrogen (secondary N) is 3. The quantitative estimate of drug-likeness (QED) is 0.0718. The molecule has 0 radical (unpaired) electrons. The maximum atomic E-state index is 14.8. The van der Waals surface area contributed by atoms with Crippen molar-refractivity contribution < 1.29 is 52.5 Å². The molecule has 2 aliphatic carbocycles. The van der Waals surface area contributed by atoms with Gasteiger partial charge in [0.05, 0.1) is 54.6 Å². The predicted octanol–water partition coefficient (Wildman–Crippen LogP) is 7.20. The van der Waals surface area contributed by atoms with Crippen LogP contribution in [0, 0.1) is 41.4 Å². The highest BCUT2D eigenvalue weighted by atomic mass is 16.6. The van der Waals surface area contributed by atoms with Crippen LogP contribution in [0.15, 0.2) is 60.8 Å². The van der Waals surface area contributed by atoms with Gasteiger partial charge in [-0.3, -0.25) is 28.9 Å². The van der Waals surface area contributed by atoms with Gasteiger partial charge in [-0.1, -0.05) is 85.2 Å². The van der Waals surface area contributed by atoms with E-state index < -0.39 is 77.8 Å². The zero-order valence-electron chi connectivity index (χ0n) is 51.4. The Morgan fingerprint density at radius 3 is 2.05 bits per heavy atom. The summed E-state index contributed by atoms with van der Waals surface area (Å²) < 4.78 is 25.7. The van der Waals surface area contributed by atoms with Crippen molar-refractivity contribution in [3.63, 3.8) is 0 Å². The van der Waals surface area contributed by atoms with Gasteiger partial charge in [0.15, 0.2) is 0 Å². The number of amides is 6. The molecule has 0 spiro atoms. The molecule has 452 valence electrons. The number of ether oxygens (including phenoxy) is 4. The highest BCUT2D eigenvalue weighted by Gasteiger charge is 2.51. The SMILES string of the molecule is CC[C@H](C)[C@@H]([C@@H](CC(=O)N1CCC[C@H]1[C@H](OC)[C@@H](C)C(=O)N[C@@H](Cc1ccccc1)C(=O)OC(C)(C)C)OC)N(C)C(=O)[C@@H](NC(=O)[C@H](C(C)C)N(C)C(=O)OCC1C2CCc3cn(-c4ccc(C(=O)NC)cc4)nc3CCC21)C(C)C. The number of nitrogens with zero attached hydrogens (tertiary/aromatic N) is 5. The van der Waals surface area contributed by atoms with E-state index in [1.807, 2.05) is 88.7 Å². The molecule has 19 heteroatoms. The minimum atomic E-state index is -0.980. The van der Waals surface area contributed by atoms with Gasteiger partial charge < -0.3 is 44.7 Å². The lowest BCUT2D eigenvalue weighted by Gasteiger charge is -2.41. The molecule has 2 heterocycles. The molecule has 12 atom stereocenters. The van der Waals surface area contributed by atoms with E-state index in [-0.39, 0.29) is 60.8 Å². The van der Waals surface area contributed by atoms with Crippen molar-refractivity contribution in [1.29, 1.82) is 0 Å². The van der Waals surface area contributed by atoms with E-state index >= 15 is 0 Å². The first-order valence-electron chi connectivity index (χ1n) is 29.6. The average molecular weight is 1140 g/mol. The first-order chi connectivity index (χ1) is 38.8. The van der Waals surface area contributed by atoms with Gasteiger partial charge in [-0.05, 0) is 130 Å². The molecule has 19 nitrogen and oxygen atoms in total. The molecule has 1 aromatic heterocycles. The zero-order chi connectivity index (χ0) is 60.3. The molecule has 3 unspecified atom stereocenters. The summed E-state index contributed by atoms with van der Waals surface area (Å²) in [5, 5.41) is 13.5. The number of rotatable bonds is 25. The second-order valence-electron chi connectivity index (χ2n) is 24.7. The number of likely N-dealkylation sites (tertiary alicyclic amines) is 1. The van der Waals surface area contributed by atoms with Crippen molar-refractivity contribution in [2.24, 2.45) is 41.4 Å². The van der Waals surface area contributed by atoms with E-state index in [1.54, 1.807) is 70.8 Å². The van der Waals surface area contributed by atoms with Crippen LogP contribution >= 0.6 is 0 Å². The van der Waals surface area contributed by atoms with Gasteiger partial charge in [0.2, 0.25) is 23.6 Å². The highest BCUT2D eigenvalue weighted by Crippen LogP contribution is 2.53. The summed E-state index contributed by atoms with van der Waals surface area (Å²) in [4.78, 5) is 102. The number of carbonyl (C=O) groups is 7. The molecular weight excluding hydrogens is 1040 g/mol. The lowest BCUT2D eigenvalue weighted by molar-refractivity contribution is -0.159. The first-order valence-corrected chi connectivity index (χ1v) is 29.6. The molecule has 2 aromatic carbocycles. The molecule has 2 fully saturated rings. The third-order valence-electron chi connectivity index (χ3n) is 17.3. The van der Waals surface area contributed by atoms with Crippen LogP contribution in [0.5, 0.6) is 0 Å². The molecule has 6 rings (SSSR count). The fraction of sp³-hybridized carbons (Fsp3) is 0.651. The number of hydrogen-bond donors (Lipinski definition) is 3. The number of fused-ring (bicyclic) bond motifs is 2. The van der Waals surface area contributed by atoms with Gasteiger partial charge >= 0.3 is 12.1 Å². The maximum absolute atomic E-state index is 14.8. The van der Waals surface area contributed by atoms with E-state index in [0.717, 1.165) is 42.6 Å². The summed E-state index contributed by atoms with van der Waals surface area (Å²) in [5.74, 6) is -2.71. The van der Waals surface area contributed by atoms with Gasteiger partial charge in [0.25, 0.3) is 5.91 Å². The van der Waals surface area contributed by atoms with Crippen LogP contribution in [0.3, 0.4) is 0 Å². The van der Waals surface area contributed by atoms with Gasteiger partial charge in [-0.15, -0.1) is 0 Å². The molecule has 1 aliphatic heterocycles. The number of aromatic nitrogens is 2. The van der Waals surface area contributed by atoms with E-state index in [0.29, 0.717) is 43.2 Å². The number of carbonyl (C=O) groups excluding carboxylic acids is 7. The Balaban J connectivity index is 1.06. The van der Waals surface area contributed by atoms with E-state index in [1.165, 1.54) is 24.7 Å². The topological polar surface area (TPSA) is 220 Å². The standard InChI is InChI=1S/C63H94N8O11/c1-16-39(6)55(51(79-14)34-52(72)70-32-20-23-50(70)56(80-15)40(7)57(73)65-49(61(77)82-63(8,9)10)33-41-21-18-17-19-22-41)68(12)60(76)53(37(2)3)66-59(75)54(38(4)5)69(13)62(78)81-36-47-45-29-26-43-35-71(67-48(43)31-30-46(45)47)44-27-24-42(25-28-44)58(74)64-11/h17-19,21-22,24-25,27-28,35,37-40,45-47,49-51,53-56H,16,20,23,26,29-34,36H2,1-15H3,(H,64,74)(H,65,73)(H,66,75)/t39-,40+,45?,46?,47?,49-,50-,51+,53-,54-,55-,56+/m0/s1. The normalized spacial score (nSPS) is 20.7. The van der Waals surface area contributed by atoms with Crippen LogP contribution in [0.2, 0.25) is 0 Å². The van der Waals surface area contributed by atoms with Gasteiger partial charge in [-0.25, -0.2) is 14.3 Å². The molecule has 3 aliphatic rings. The Kier molecular flexibility index (Phi) is 22.7. The Labute approximate surface area is 486 Å². The van der Waals surface area contributed by atoms with Gasteiger partial charge in [-0.2, -0.15) is 5.10 Å². The molecule has 1 saturated heterocycles. The monoisotopic (exact) mass is 1140 g/mol. The summed E-state index contributed by atoms with van der Waals surface area (Å²) in [6.45, 7) is 19.2. The lowest BCUT2D eigenvalue weighted by atomic mass is 9.89. The van der Waals surface area contributed by atoms with Crippen molar-refractivity contribution in [3.05, 3.63) is 83.2 Å². The molecule has 6 amide bonds. The van der Waals surface area contributed by atoms with Crippen LogP contribution in [0.1, 0.15) is 135 Å². The van der Waals surface area contributed by atoms with Crippen LogP contribution in [0.4, 0.5) is 4.79 Å². The summed E-state index contributed by atoms with van der Waals surface area (Å²) in [6, 6.07) is 12.9. The summed E-state index contributed by atoms with van der Waals surface area (Å²) in [6.07, 6.45) is 5.63. The molecule has 82 heavy (non-hydrogen) atoms. The van der Waals surface area contributed by atoms with E-state index in [4.69, 9.17) is 24.0 Å². The smallest absolute Gasteiger partial charge is 0.410 e. The minimum absolute atomic E-state index is 0.0668. The lowest BCUT2D eigenvalue weighted by Crippen LogP contribution is -2.60. The molecule has 3 N–H and O–H groups in total. The number of aryl methyl sites for hydroxylation is 2. The van der Waals surface area contributed by atoms with E-state index in [2.05, 4.69) is 22.1 Å². The third kappa shape index (κ3) is 16.0. The zero-order valence-corrected chi connectivity index (χ0v) is 51.4. The molecule has 0 bridgehead atoms. The van der Waals surface area contributed by atoms with Crippen molar-refractivity contribution in [1.82, 2.24) is 40.4 Å². The number of likely N-dealkylation sites (N-methyl/N-ethyl adjacent to an activating group) is 2. The first kappa shape index (κ1) is 64.8. The second-order valence-corrected chi connectivity index (χ2v) is 24.7. The van der Waals surface area contributed by atoms with Crippen LogP contribution < -0.4 is 16.0 Å². The highest BCUT2D eigenvalue weighted by molar-refractivity contribution is 5.94. The van der Waals surface area contributed by atoms with Crippen LogP contribution in [-0.2, 0) is 62.2 Å². The summed E-state index contributed by atoms with van der Waals surface area (Å²) >= 11 is 0. The Hall–Kier alpha value is -6.34. The Morgan fingerprint density at radius 2 is 1.46 bits per heavy atom. The largest absolute Gasteiger partial charge is 0.458 e. The Bertz CT molecular complexity index is 2620. The fourth-order valence-electron chi connectivity index (χ4n) is 12.5. The van der Waals surface area contributed by atoms with E-state index in [9.17, 15) is 33.6 Å². The summed E-state index contributed by atoms with van der Waals surface area (Å²) in [5.41, 5.74) is 3.81. The van der Waals surface area contributed by atoms with Gasteiger partial charge in [0.1, 0.15) is 23.7 Å². The summed E-state index contributed by atoms with van der Waals surface area (Å²) in [7, 11) is 7.91. The molecule has 1 saturated carbocycles. The third-order valence-corrected chi connectivity index (χ3v) is 17.3. The van der Waals surface area contributed by atoms with Crippen LogP contribution in [0.25, 0.3) is 5.69 Å². The number of benzene rings is 2. The van der Waals surface area contributed by atoms with Gasteiger partial charge in [0, 0.05) is 60.1 Å². The second kappa shape index (κ2) is 28.8. The number of hydrogen-bond acceptors (Lipinski definition) is 12. The number of methoxy groups -OCH3 is 2.